The van der Waals surface area contributed by atoms with Crippen LogP contribution in [-0.4, -0.2) is 47.9 Å². The number of nitrogens with zero attached hydrogens (tertiary/aromatic N) is 2. The second kappa shape index (κ2) is 7.13. The zero-order valence-corrected chi connectivity index (χ0v) is 18.9. The summed E-state index contributed by atoms with van der Waals surface area (Å²) in [5.41, 5.74) is 0.520. The van der Waals surface area contributed by atoms with E-state index in [1.165, 1.54) is 17.6 Å². The molecular formula is C20H19ClN4O4S2. The van der Waals surface area contributed by atoms with Gasteiger partial charge in [-0.05, 0) is 25.5 Å². The summed E-state index contributed by atoms with van der Waals surface area (Å²) in [6.07, 6.45) is 6.72. The van der Waals surface area contributed by atoms with Gasteiger partial charge in [-0.1, -0.05) is 11.6 Å². The molecule has 0 amide bonds. The Balaban J connectivity index is 1.52. The van der Waals surface area contributed by atoms with Crippen molar-refractivity contribution in [1.29, 1.82) is 5.41 Å². The molecule has 5 rings (SSSR count). The third-order valence-corrected chi connectivity index (χ3v) is 10.3. The topological polar surface area (TPSA) is 118 Å². The van der Waals surface area contributed by atoms with E-state index in [-0.39, 0.29) is 18.2 Å². The van der Waals surface area contributed by atoms with E-state index in [0.717, 1.165) is 16.0 Å². The van der Waals surface area contributed by atoms with E-state index >= 15 is 0 Å². The van der Waals surface area contributed by atoms with Crippen LogP contribution in [0.25, 0.3) is 21.9 Å². The molecule has 2 aliphatic rings. The van der Waals surface area contributed by atoms with E-state index in [2.05, 4.69) is 15.3 Å². The molecule has 2 N–H and O–H groups in total. The minimum Gasteiger partial charge on any atom is -0.444 e. The van der Waals surface area contributed by atoms with Crippen molar-refractivity contribution in [1.82, 2.24) is 15.3 Å². The second-order valence-electron chi connectivity index (χ2n) is 7.98. The average Bonchev–Trinajstić information content (AvgIpc) is 3.47. The van der Waals surface area contributed by atoms with Crippen LogP contribution in [0.3, 0.4) is 0 Å². The van der Waals surface area contributed by atoms with E-state index < -0.39 is 20.1 Å². The number of amidine groups is 1. The molecule has 162 valence electrons. The molecular weight excluding hydrogens is 460 g/mol. The number of hydrogen-bond donors (Lipinski definition) is 2. The number of thiophene rings is 1. The molecule has 5 heterocycles. The molecule has 31 heavy (non-hydrogen) atoms. The Labute approximate surface area is 188 Å². The van der Waals surface area contributed by atoms with Crippen molar-refractivity contribution in [2.45, 2.75) is 23.6 Å². The maximum absolute atomic E-state index is 13.2. The molecule has 0 radical (unpaired) electrons. The lowest BCUT2D eigenvalue weighted by molar-refractivity contribution is 0.193. The molecule has 3 aromatic heterocycles. The molecule has 2 aliphatic heterocycles. The van der Waals surface area contributed by atoms with Crippen LogP contribution in [0.2, 0.25) is 5.02 Å². The number of ether oxygens (including phenoxy) is 1. The zero-order valence-electron chi connectivity index (χ0n) is 16.5. The Morgan fingerprint density at radius 2 is 2.10 bits per heavy atom. The summed E-state index contributed by atoms with van der Waals surface area (Å²) in [7, 11) is -3.63. The summed E-state index contributed by atoms with van der Waals surface area (Å²) in [4.78, 5) is 9.91. The minimum absolute atomic E-state index is 0.0138. The Hall–Kier alpha value is -2.27. The molecule has 0 bridgehead atoms. The van der Waals surface area contributed by atoms with Gasteiger partial charge in [-0.15, -0.1) is 11.3 Å². The summed E-state index contributed by atoms with van der Waals surface area (Å²) >= 11 is 7.96. The molecule has 0 saturated carbocycles. The molecule has 0 unspecified atom stereocenters. The lowest BCUT2D eigenvalue weighted by atomic mass is 9.98. The van der Waals surface area contributed by atoms with Gasteiger partial charge >= 0.3 is 0 Å². The van der Waals surface area contributed by atoms with Crippen molar-refractivity contribution in [2.24, 2.45) is 0 Å². The van der Waals surface area contributed by atoms with Gasteiger partial charge in [0.1, 0.15) is 12.1 Å². The first-order valence-corrected chi connectivity index (χ1v) is 12.4. The van der Waals surface area contributed by atoms with Crippen LogP contribution in [0, 0.1) is 5.41 Å². The maximum Gasteiger partial charge on any atom is 0.227 e. The normalized spacial score (nSPS) is 27.5. The standard InChI is InChI=1S/C20H19ClN4O4S2/c1-19(11-31(26,27)20(18(22)25-19)2-4-28-10-20)16-14(21)7-15(30-16)12-6-13(9-23-8-12)17-24-3-5-29-17/h3,5-9H,2,4,10-11H2,1H3,(H2,22,25)/t19-,20-/m0/s1. The second-order valence-corrected chi connectivity index (χ2v) is 11.7. The highest BCUT2D eigenvalue weighted by Crippen LogP contribution is 2.45. The molecule has 3 aromatic rings. The first-order valence-electron chi connectivity index (χ1n) is 9.56. The number of pyridine rings is 1. The summed E-state index contributed by atoms with van der Waals surface area (Å²) < 4.78 is 35.9. The van der Waals surface area contributed by atoms with Crippen molar-refractivity contribution >= 4 is 38.6 Å². The predicted octanol–water partition coefficient (Wildman–Crippen LogP) is 3.49. The average molecular weight is 479 g/mol. The van der Waals surface area contributed by atoms with Crippen molar-refractivity contribution in [2.75, 3.05) is 19.0 Å². The van der Waals surface area contributed by atoms with Gasteiger partial charge in [0.05, 0.1) is 34.7 Å². The molecule has 2 fully saturated rings. The number of rotatable bonds is 3. The fraction of sp³-hybridized carbons (Fsp3) is 0.350. The van der Waals surface area contributed by atoms with Crippen LogP contribution in [0.1, 0.15) is 18.2 Å². The number of nitrogens with one attached hydrogen (secondary N) is 2. The Morgan fingerprint density at radius 3 is 2.77 bits per heavy atom. The third kappa shape index (κ3) is 3.20. The van der Waals surface area contributed by atoms with E-state index in [9.17, 15) is 8.42 Å². The smallest absolute Gasteiger partial charge is 0.227 e. The van der Waals surface area contributed by atoms with Crippen molar-refractivity contribution in [3.05, 3.63) is 46.9 Å². The predicted molar refractivity (Wildman–Crippen MR) is 118 cm³/mol. The van der Waals surface area contributed by atoms with Gasteiger partial charge in [0.2, 0.25) is 5.89 Å². The van der Waals surface area contributed by atoms with E-state index in [1.54, 1.807) is 31.6 Å². The highest BCUT2D eigenvalue weighted by Gasteiger charge is 2.58. The van der Waals surface area contributed by atoms with Crippen LogP contribution in [-0.2, 0) is 20.1 Å². The third-order valence-electron chi connectivity index (χ3n) is 5.81. The van der Waals surface area contributed by atoms with Crippen LogP contribution in [0.4, 0.5) is 0 Å². The molecule has 2 atom stereocenters. The fourth-order valence-corrected chi connectivity index (χ4v) is 8.15. The summed E-state index contributed by atoms with van der Waals surface area (Å²) in [6.45, 7) is 2.11. The van der Waals surface area contributed by atoms with E-state index in [1.807, 2.05) is 6.07 Å². The number of sulfone groups is 1. The van der Waals surface area contributed by atoms with Gasteiger partial charge in [-0.25, -0.2) is 13.4 Å². The van der Waals surface area contributed by atoms with Gasteiger partial charge in [-0.3, -0.25) is 10.4 Å². The molecule has 0 aliphatic carbocycles. The molecule has 8 nitrogen and oxygen atoms in total. The lowest BCUT2D eigenvalue weighted by Crippen LogP contribution is -2.66. The number of halogens is 1. The van der Waals surface area contributed by atoms with Gasteiger partial charge in [0.15, 0.2) is 14.6 Å². The Kier molecular flexibility index (Phi) is 4.74. The Morgan fingerprint density at radius 1 is 1.29 bits per heavy atom. The first kappa shape index (κ1) is 20.6. The lowest BCUT2D eigenvalue weighted by Gasteiger charge is -2.43. The minimum atomic E-state index is -3.63. The monoisotopic (exact) mass is 478 g/mol. The Bertz CT molecular complexity index is 1270. The largest absolute Gasteiger partial charge is 0.444 e. The van der Waals surface area contributed by atoms with Crippen LogP contribution < -0.4 is 5.32 Å². The van der Waals surface area contributed by atoms with Crippen molar-refractivity contribution < 1.29 is 17.6 Å². The number of hydrogen-bond acceptors (Lipinski definition) is 8. The summed E-state index contributed by atoms with van der Waals surface area (Å²) in [5, 5.41) is 12.1. The number of aromatic nitrogens is 2. The van der Waals surface area contributed by atoms with Crippen LogP contribution in [0.5, 0.6) is 0 Å². The highest BCUT2D eigenvalue weighted by molar-refractivity contribution is 7.93. The van der Waals surface area contributed by atoms with E-state index in [4.69, 9.17) is 26.2 Å². The van der Waals surface area contributed by atoms with Crippen molar-refractivity contribution in [3.8, 4) is 21.9 Å². The highest BCUT2D eigenvalue weighted by atomic mass is 35.5. The van der Waals surface area contributed by atoms with Gasteiger partial charge < -0.3 is 14.5 Å². The number of oxazole rings is 1. The van der Waals surface area contributed by atoms with Crippen LogP contribution >= 0.6 is 22.9 Å². The maximum atomic E-state index is 13.2. The van der Waals surface area contributed by atoms with Gasteiger partial charge in [-0.2, -0.15) is 0 Å². The van der Waals surface area contributed by atoms with Gasteiger partial charge in [0.25, 0.3) is 0 Å². The summed E-state index contributed by atoms with van der Waals surface area (Å²) in [5.74, 6) is 0.263. The van der Waals surface area contributed by atoms with Crippen LogP contribution in [0.15, 0.2) is 41.4 Å². The zero-order chi connectivity index (χ0) is 21.9. The van der Waals surface area contributed by atoms with Crippen molar-refractivity contribution in [3.63, 3.8) is 0 Å². The first-order chi connectivity index (χ1) is 14.7. The fourth-order valence-electron chi connectivity index (χ4n) is 4.16. The summed E-state index contributed by atoms with van der Waals surface area (Å²) in [6, 6.07) is 3.69. The SMILES string of the molecule is C[C@@]1(c2sc(-c3cncc(-c4ncco4)c3)cc2Cl)CS(=O)(=O)[C@]2(CCOC2)C(=N)N1. The van der Waals surface area contributed by atoms with Gasteiger partial charge in [0, 0.05) is 34.3 Å². The molecule has 11 heteroatoms. The van der Waals surface area contributed by atoms with E-state index in [0.29, 0.717) is 28.8 Å². The molecule has 2 saturated heterocycles. The molecule has 0 aromatic carbocycles. The quantitative estimate of drug-likeness (QED) is 0.591. The molecule has 1 spiro atoms.